The molecule has 0 spiro atoms. The summed E-state index contributed by atoms with van der Waals surface area (Å²) in [5.74, 6) is 0. The van der Waals surface area contributed by atoms with Crippen LogP contribution in [0.15, 0.2) is 23.1 Å². The molecule has 1 aromatic rings. The minimum Gasteiger partial charge on any atom is -0.744 e. The second-order valence-electron chi connectivity index (χ2n) is 2.03. The number of benzene rings is 1. The second kappa shape index (κ2) is 5.44. The van der Waals surface area contributed by atoms with E-state index in [1.54, 1.807) is 0 Å². The van der Waals surface area contributed by atoms with Crippen LogP contribution in [-0.2, 0) is 10.1 Å². The van der Waals surface area contributed by atoms with Gasteiger partial charge in [0.15, 0.2) is 0 Å². The molecule has 66 valence electrons. The van der Waals surface area contributed by atoms with E-state index in [0.29, 0.717) is 0 Å². The van der Waals surface area contributed by atoms with Crippen LogP contribution in [-0.4, -0.2) is 13.0 Å². The molecule has 0 atom stereocenters. The summed E-state index contributed by atoms with van der Waals surface area (Å²) in [4.78, 5) is -0.450. The maximum atomic E-state index is 10.5. The molecule has 0 fully saturated rings. The van der Waals surface area contributed by atoms with Gasteiger partial charge in [0, 0.05) is 5.02 Å². The van der Waals surface area contributed by atoms with Crippen LogP contribution in [0.4, 0.5) is 0 Å². The molecule has 0 aliphatic heterocycles. The SMILES string of the molecule is O=S(=O)([O-])c1ccc(Cl)cc1Cl.[K+]. The van der Waals surface area contributed by atoms with Gasteiger partial charge in [-0.2, -0.15) is 0 Å². The Morgan fingerprint density at radius 2 is 1.77 bits per heavy atom. The predicted molar refractivity (Wildman–Crippen MR) is 44.4 cm³/mol. The summed E-state index contributed by atoms with van der Waals surface area (Å²) < 4.78 is 31.4. The van der Waals surface area contributed by atoms with Gasteiger partial charge in [0.25, 0.3) is 0 Å². The van der Waals surface area contributed by atoms with E-state index in [4.69, 9.17) is 23.2 Å². The number of hydrogen-bond donors (Lipinski definition) is 0. The van der Waals surface area contributed by atoms with Crippen molar-refractivity contribution in [2.45, 2.75) is 4.90 Å². The minimum atomic E-state index is -4.49. The molecule has 1 aromatic carbocycles. The summed E-state index contributed by atoms with van der Waals surface area (Å²) in [7, 11) is -4.49. The normalized spacial score (nSPS) is 10.7. The van der Waals surface area contributed by atoms with Crippen molar-refractivity contribution < 1.29 is 64.4 Å². The zero-order chi connectivity index (χ0) is 9.35. The summed E-state index contributed by atoms with van der Waals surface area (Å²) in [5.41, 5.74) is 0. The molecule has 0 amide bonds. The van der Waals surface area contributed by atoms with Gasteiger partial charge in [0.1, 0.15) is 10.1 Å². The van der Waals surface area contributed by atoms with Gasteiger partial charge in [0.05, 0.1) is 9.92 Å². The van der Waals surface area contributed by atoms with Gasteiger partial charge in [-0.15, -0.1) is 0 Å². The Kier molecular flexibility index (Phi) is 6.00. The fourth-order valence-corrected chi connectivity index (χ4v) is 1.90. The van der Waals surface area contributed by atoms with E-state index in [2.05, 4.69) is 0 Å². The molecule has 0 bridgehead atoms. The average molecular weight is 265 g/mol. The number of hydrogen-bond acceptors (Lipinski definition) is 3. The Morgan fingerprint density at radius 1 is 1.23 bits per heavy atom. The van der Waals surface area contributed by atoms with E-state index in [9.17, 15) is 13.0 Å². The van der Waals surface area contributed by atoms with Gasteiger partial charge in [-0.25, -0.2) is 8.42 Å². The largest absolute Gasteiger partial charge is 1.00 e. The first-order valence-corrected chi connectivity index (χ1v) is 4.98. The monoisotopic (exact) mass is 264 g/mol. The molecule has 13 heavy (non-hydrogen) atoms. The first-order chi connectivity index (χ1) is 5.41. The molecule has 0 radical (unpaired) electrons. The van der Waals surface area contributed by atoms with E-state index in [1.807, 2.05) is 0 Å². The predicted octanol–water partition coefficient (Wildman–Crippen LogP) is -1.10. The van der Waals surface area contributed by atoms with Crippen molar-refractivity contribution in [2.24, 2.45) is 0 Å². The first kappa shape index (κ1) is 14.3. The molecule has 0 aromatic heterocycles. The molecule has 3 nitrogen and oxygen atoms in total. The fourth-order valence-electron chi connectivity index (χ4n) is 0.678. The van der Waals surface area contributed by atoms with Crippen LogP contribution in [0, 0.1) is 0 Å². The van der Waals surface area contributed by atoms with Crippen molar-refractivity contribution in [2.75, 3.05) is 0 Å². The van der Waals surface area contributed by atoms with E-state index < -0.39 is 15.0 Å². The van der Waals surface area contributed by atoms with Gasteiger partial charge >= 0.3 is 51.4 Å². The molecule has 0 saturated carbocycles. The maximum Gasteiger partial charge on any atom is 1.00 e. The summed E-state index contributed by atoms with van der Waals surface area (Å²) in [6.45, 7) is 0. The third-order valence-electron chi connectivity index (χ3n) is 1.16. The van der Waals surface area contributed by atoms with Crippen molar-refractivity contribution in [3.05, 3.63) is 28.2 Å². The molecule has 0 aliphatic rings. The molecular weight excluding hydrogens is 262 g/mol. The third-order valence-corrected chi connectivity index (χ3v) is 2.72. The van der Waals surface area contributed by atoms with Crippen LogP contribution in [0.5, 0.6) is 0 Å². The van der Waals surface area contributed by atoms with Crippen molar-refractivity contribution in [3.63, 3.8) is 0 Å². The average Bonchev–Trinajstić information content (AvgIpc) is 1.83. The maximum absolute atomic E-state index is 10.5. The van der Waals surface area contributed by atoms with Crippen molar-refractivity contribution in [3.8, 4) is 0 Å². The van der Waals surface area contributed by atoms with Crippen molar-refractivity contribution in [1.82, 2.24) is 0 Å². The van der Waals surface area contributed by atoms with E-state index in [1.165, 1.54) is 12.1 Å². The van der Waals surface area contributed by atoms with Crippen molar-refractivity contribution in [1.29, 1.82) is 0 Å². The molecule has 1 rings (SSSR count). The summed E-state index contributed by atoms with van der Waals surface area (Å²) in [6.07, 6.45) is 0. The van der Waals surface area contributed by atoms with Crippen LogP contribution in [0.1, 0.15) is 0 Å². The Balaban J connectivity index is 0.00000144. The number of halogens is 2. The van der Waals surface area contributed by atoms with Crippen molar-refractivity contribution >= 4 is 33.3 Å². The van der Waals surface area contributed by atoms with Gasteiger partial charge in [-0.05, 0) is 18.2 Å². The Labute approximate surface area is 129 Å². The van der Waals surface area contributed by atoms with Crippen LogP contribution in [0.3, 0.4) is 0 Å². The van der Waals surface area contributed by atoms with Crippen LogP contribution in [0.25, 0.3) is 0 Å². The smallest absolute Gasteiger partial charge is 0.744 e. The topological polar surface area (TPSA) is 57.2 Å². The first-order valence-electron chi connectivity index (χ1n) is 2.82. The Bertz CT molecular complexity index is 404. The Morgan fingerprint density at radius 3 is 2.15 bits per heavy atom. The van der Waals surface area contributed by atoms with Gasteiger partial charge in [0.2, 0.25) is 0 Å². The third kappa shape index (κ3) is 4.15. The fraction of sp³-hybridized carbons (Fsp3) is 0. The zero-order valence-electron chi connectivity index (χ0n) is 6.62. The molecule has 0 saturated heterocycles. The standard InChI is InChI=1S/C6H4Cl2O3S.K/c7-4-1-2-6(5(8)3-4)12(9,10)11;/h1-3H,(H,9,10,11);/q;+1/p-1. The van der Waals surface area contributed by atoms with Gasteiger partial charge in [-0.3, -0.25) is 0 Å². The summed E-state index contributed by atoms with van der Waals surface area (Å²) in [6, 6.07) is 3.57. The Hall–Kier alpha value is 1.35. The van der Waals surface area contributed by atoms with Gasteiger partial charge in [-0.1, -0.05) is 23.2 Å². The quantitative estimate of drug-likeness (QED) is 0.478. The molecule has 0 unspecified atom stereocenters. The van der Waals surface area contributed by atoms with E-state index in [0.717, 1.165) is 6.07 Å². The molecule has 7 heteroatoms. The van der Waals surface area contributed by atoms with Crippen LogP contribution < -0.4 is 51.4 Å². The molecule has 0 aliphatic carbocycles. The minimum absolute atomic E-state index is 0. The van der Waals surface area contributed by atoms with Crippen LogP contribution >= 0.6 is 23.2 Å². The second-order valence-corrected chi connectivity index (χ2v) is 4.22. The van der Waals surface area contributed by atoms with Crippen LogP contribution in [0.2, 0.25) is 10.0 Å². The zero-order valence-corrected chi connectivity index (χ0v) is 12.1. The number of rotatable bonds is 1. The summed E-state index contributed by atoms with van der Waals surface area (Å²) in [5, 5.41) is 0.130. The molecular formula is C6H3Cl2KO3S. The van der Waals surface area contributed by atoms with Gasteiger partial charge < -0.3 is 4.55 Å². The van der Waals surface area contributed by atoms with E-state index in [-0.39, 0.29) is 61.4 Å². The van der Waals surface area contributed by atoms with E-state index >= 15 is 0 Å². The molecule has 0 N–H and O–H groups in total. The summed E-state index contributed by atoms with van der Waals surface area (Å²) >= 11 is 10.9. The molecule has 0 heterocycles.